The lowest BCUT2D eigenvalue weighted by Gasteiger charge is -2.47. The molecule has 0 saturated carbocycles. The number of esters is 1. The van der Waals surface area contributed by atoms with Crippen LogP contribution in [0.5, 0.6) is 0 Å². The molecule has 2 fully saturated rings. The minimum absolute atomic E-state index is 0.250. The second-order valence-corrected chi connectivity index (χ2v) is 6.50. The van der Waals surface area contributed by atoms with Crippen LogP contribution in [0.15, 0.2) is 30.3 Å². The normalized spacial score (nSPS) is 34.1. The van der Waals surface area contributed by atoms with Crippen molar-refractivity contribution in [2.75, 3.05) is 13.7 Å². The highest BCUT2D eigenvalue weighted by Crippen LogP contribution is 2.35. The minimum atomic E-state index is -1.14. The molecule has 2 saturated heterocycles. The van der Waals surface area contributed by atoms with E-state index in [0.717, 1.165) is 18.4 Å². The molecule has 2 heterocycles. The summed E-state index contributed by atoms with van der Waals surface area (Å²) in [6.45, 7) is 2.25. The number of aliphatic hydroxyl groups excluding tert-OH is 1. The van der Waals surface area contributed by atoms with Crippen LogP contribution in [0, 0.1) is 0 Å². The Bertz CT molecular complexity index is 579. The largest absolute Gasteiger partial charge is 0.456 e. The zero-order valence-corrected chi connectivity index (χ0v) is 15.1. The summed E-state index contributed by atoms with van der Waals surface area (Å²) in [7, 11) is 1.43. The van der Waals surface area contributed by atoms with Crippen molar-refractivity contribution in [2.45, 2.75) is 63.2 Å². The topological polar surface area (TPSA) is 83.5 Å². The lowest BCUT2D eigenvalue weighted by atomic mass is 9.97. The molecule has 1 N–H and O–H groups in total. The van der Waals surface area contributed by atoms with E-state index in [2.05, 4.69) is 0 Å². The summed E-state index contributed by atoms with van der Waals surface area (Å²) in [6, 6.07) is 9.48. The van der Waals surface area contributed by atoms with Crippen molar-refractivity contribution in [2.24, 2.45) is 0 Å². The highest BCUT2D eigenvalue weighted by atomic mass is 16.8. The molecule has 0 spiro atoms. The second kappa shape index (κ2) is 8.92. The highest BCUT2D eigenvalue weighted by Gasteiger charge is 2.51. The van der Waals surface area contributed by atoms with Gasteiger partial charge in [0.2, 0.25) is 0 Å². The van der Waals surface area contributed by atoms with Crippen LogP contribution in [-0.2, 0) is 28.5 Å². The van der Waals surface area contributed by atoms with Crippen molar-refractivity contribution in [3.8, 4) is 0 Å². The number of hydrogen-bond donors (Lipinski definition) is 1. The van der Waals surface area contributed by atoms with E-state index in [1.165, 1.54) is 7.11 Å². The Morgan fingerprint density at radius 3 is 2.73 bits per heavy atom. The molecule has 1 aromatic carbocycles. The number of carbonyl (C=O) groups is 1. The van der Waals surface area contributed by atoms with Gasteiger partial charge in [0.05, 0.1) is 6.61 Å². The van der Waals surface area contributed by atoms with Crippen LogP contribution in [0.25, 0.3) is 0 Å². The van der Waals surface area contributed by atoms with Crippen molar-refractivity contribution in [1.29, 1.82) is 0 Å². The third kappa shape index (κ3) is 4.24. The quantitative estimate of drug-likeness (QED) is 0.770. The van der Waals surface area contributed by atoms with Gasteiger partial charge in [0.15, 0.2) is 18.7 Å². The van der Waals surface area contributed by atoms with Crippen LogP contribution in [0.3, 0.4) is 0 Å². The summed E-state index contributed by atoms with van der Waals surface area (Å²) in [5.74, 6) is -0.363. The molecule has 0 aliphatic carbocycles. The van der Waals surface area contributed by atoms with E-state index >= 15 is 0 Å². The van der Waals surface area contributed by atoms with Crippen molar-refractivity contribution in [3.63, 3.8) is 0 Å². The van der Waals surface area contributed by atoms with Crippen molar-refractivity contribution in [3.05, 3.63) is 35.9 Å². The Balaban J connectivity index is 1.75. The van der Waals surface area contributed by atoms with E-state index in [-0.39, 0.29) is 12.6 Å². The Kier molecular flexibility index (Phi) is 6.61. The molecular formula is C19H26O7. The van der Waals surface area contributed by atoms with Crippen LogP contribution in [-0.4, -0.2) is 55.5 Å². The fraction of sp³-hybridized carbons (Fsp3) is 0.632. The number of fused-ring (bicyclic) bond motifs is 1. The Morgan fingerprint density at radius 1 is 1.27 bits per heavy atom. The van der Waals surface area contributed by atoms with Crippen molar-refractivity contribution < 1.29 is 33.6 Å². The lowest BCUT2D eigenvalue weighted by Crippen LogP contribution is -2.63. The summed E-state index contributed by atoms with van der Waals surface area (Å²) >= 11 is 0. The molecule has 26 heavy (non-hydrogen) atoms. The molecule has 144 valence electrons. The predicted molar refractivity (Wildman–Crippen MR) is 91.1 cm³/mol. The van der Waals surface area contributed by atoms with E-state index < -0.39 is 37.0 Å². The third-order valence-electron chi connectivity index (χ3n) is 4.61. The predicted octanol–water partition coefficient (Wildman–Crippen LogP) is 1.93. The van der Waals surface area contributed by atoms with Gasteiger partial charge >= 0.3 is 5.97 Å². The summed E-state index contributed by atoms with van der Waals surface area (Å²) < 4.78 is 28.2. The van der Waals surface area contributed by atoms with E-state index in [1.54, 1.807) is 0 Å². The van der Waals surface area contributed by atoms with Crippen LogP contribution < -0.4 is 0 Å². The van der Waals surface area contributed by atoms with Gasteiger partial charge in [0, 0.05) is 19.1 Å². The van der Waals surface area contributed by atoms with Crippen LogP contribution >= 0.6 is 0 Å². The van der Waals surface area contributed by atoms with Crippen LogP contribution in [0.1, 0.15) is 38.0 Å². The Hall–Kier alpha value is -1.51. The monoisotopic (exact) mass is 366 g/mol. The second-order valence-electron chi connectivity index (χ2n) is 6.50. The van der Waals surface area contributed by atoms with Gasteiger partial charge in [-0.3, -0.25) is 4.79 Å². The zero-order chi connectivity index (χ0) is 18.5. The maximum absolute atomic E-state index is 12.1. The molecule has 1 aromatic rings. The molecule has 6 atom stereocenters. The van der Waals surface area contributed by atoms with Gasteiger partial charge in [-0.05, 0) is 6.42 Å². The summed E-state index contributed by atoms with van der Waals surface area (Å²) in [5, 5.41) is 10.6. The summed E-state index contributed by atoms with van der Waals surface area (Å²) in [5.41, 5.74) is 0.852. The van der Waals surface area contributed by atoms with E-state index in [1.807, 2.05) is 37.3 Å². The molecule has 1 unspecified atom stereocenters. The zero-order valence-electron chi connectivity index (χ0n) is 15.1. The molecule has 0 aromatic heterocycles. The standard InChI is InChI=1S/C19H26O7/c1-3-4-10-14(20)25-17-15(21)19(22-2)24-13-11-23-18(26-16(13)17)12-8-6-5-7-9-12/h5-9,13,15-19,21H,3-4,10-11H2,1-2H3/t13-,15-,16-,17-,18?,19+/m1/s1. The molecule has 2 aliphatic heterocycles. The first-order chi connectivity index (χ1) is 12.6. The number of unbranched alkanes of at least 4 members (excludes halogenated alkanes) is 1. The van der Waals surface area contributed by atoms with Crippen LogP contribution in [0.2, 0.25) is 0 Å². The van der Waals surface area contributed by atoms with Gasteiger partial charge in [-0.2, -0.15) is 0 Å². The molecule has 0 bridgehead atoms. The number of methoxy groups -OCH3 is 1. The fourth-order valence-electron chi connectivity index (χ4n) is 3.20. The Labute approximate surface area is 153 Å². The van der Waals surface area contributed by atoms with E-state index in [9.17, 15) is 9.90 Å². The van der Waals surface area contributed by atoms with E-state index in [0.29, 0.717) is 6.42 Å². The third-order valence-corrected chi connectivity index (χ3v) is 4.61. The molecule has 7 nitrogen and oxygen atoms in total. The van der Waals surface area contributed by atoms with Crippen LogP contribution in [0.4, 0.5) is 0 Å². The number of rotatable bonds is 6. The summed E-state index contributed by atoms with van der Waals surface area (Å²) in [6.07, 6.45) is -2.73. The molecule has 0 radical (unpaired) electrons. The molecule has 2 aliphatic rings. The number of carbonyl (C=O) groups excluding carboxylic acids is 1. The smallest absolute Gasteiger partial charge is 0.306 e. The van der Waals surface area contributed by atoms with E-state index in [4.69, 9.17) is 23.7 Å². The molecule has 3 rings (SSSR count). The fourth-order valence-corrected chi connectivity index (χ4v) is 3.20. The van der Waals surface area contributed by atoms with Gasteiger partial charge in [-0.15, -0.1) is 0 Å². The SMILES string of the molecule is CCCCC(=O)O[C@@H]1[C@@H](O)[C@@H](OC)O[C@@H]2COC(c3ccccc3)O[C@@H]12. The Morgan fingerprint density at radius 2 is 2.04 bits per heavy atom. The number of aliphatic hydroxyl groups is 1. The highest BCUT2D eigenvalue weighted by molar-refractivity contribution is 5.69. The van der Waals surface area contributed by atoms with Gasteiger partial charge in [0.25, 0.3) is 0 Å². The molecular weight excluding hydrogens is 340 g/mol. The maximum atomic E-state index is 12.1. The maximum Gasteiger partial charge on any atom is 0.306 e. The van der Waals surface area contributed by atoms with Gasteiger partial charge in [-0.25, -0.2) is 0 Å². The number of benzene rings is 1. The summed E-state index contributed by atoms with van der Waals surface area (Å²) in [4.78, 5) is 12.1. The average molecular weight is 366 g/mol. The lowest BCUT2D eigenvalue weighted by molar-refractivity contribution is -0.358. The van der Waals surface area contributed by atoms with Crippen molar-refractivity contribution in [1.82, 2.24) is 0 Å². The molecule has 7 heteroatoms. The minimum Gasteiger partial charge on any atom is -0.456 e. The van der Waals surface area contributed by atoms with Gasteiger partial charge in [-0.1, -0.05) is 43.7 Å². The molecule has 0 amide bonds. The first kappa shape index (κ1) is 19.3. The van der Waals surface area contributed by atoms with Gasteiger partial charge < -0.3 is 28.8 Å². The first-order valence-corrected chi connectivity index (χ1v) is 9.01. The van der Waals surface area contributed by atoms with Gasteiger partial charge in [0.1, 0.15) is 18.3 Å². The number of hydrogen-bond acceptors (Lipinski definition) is 7. The first-order valence-electron chi connectivity index (χ1n) is 9.01. The number of ether oxygens (including phenoxy) is 5. The van der Waals surface area contributed by atoms with Crippen molar-refractivity contribution >= 4 is 5.97 Å². The average Bonchev–Trinajstić information content (AvgIpc) is 2.68.